The summed E-state index contributed by atoms with van der Waals surface area (Å²) in [6.07, 6.45) is 4.35. The molecule has 0 aliphatic heterocycles. The summed E-state index contributed by atoms with van der Waals surface area (Å²) in [4.78, 5) is 28.8. The first-order valence-corrected chi connectivity index (χ1v) is 13.8. The van der Waals surface area contributed by atoms with Gasteiger partial charge in [0.2, 0.25) is 11.8 Å². The van der Waals surface area contributed by atoms with Gasteiger partial charge in [-0.2, -0.15) is 0 Å². The Morgan fingerprint density at radius 3 is 2.27 bits per heavy atom. The van der Waals surface area contributed by atoms with Crippen LogP contribution in [0.3, 0.4) is 0 Å². The molecule has 0 bridgehead atoms. The van der Waals surface area contributed by atoms with Crippen LogP contribution in [0.25, 0.3) is 0 Å². The number of nitrogens with one attached hydrogen (secondary N) is 1. The van der Waals surface area contributed by atoms with Gasteiger partial charge in [0.25, 0.3) is 0 Å². The van der Waals surface area contributed by atoms with Gasteiger partial charge in [0.05, 0.1) is 5.75 Å². The minimum atomic E-state index is -0.776. The molecular weight excluding hydrogens is 490 g/mol. The first-order chi connectivity index (χ1) is 18.0. The van der Waals surface area contributed by atoms with Crippen molar-refractivity contribution < 1.29 is 18.4 Å². The smallest absolute Gasteiger partial charge is 0.243 e. The Balaban J connectivity index is 1.56. The number of benzene rings is 3. The molecule has 4 nitrogen and oxygen atoms in total. The molecule has 0 radical (unpaired) electrons. The van der Waals surface area contributed by atoms with E-state index in [2.05, 4.69) is 5.32 Å². The van der Waals surface area contributed by atoms with Crippen LogP contribution in [0.1, 0.15) is 42.4 Å². The number of halogens is 2. The van der Waals surface area contributed by atoms with Crippen LogP contribution in [-0.4, -0.2) is 34.6 Å². The topological polar surface area (TPSA) is 49.4 Å². The van der Waals surface area contributed by atoms with Crippen molar-refractivity contribution in [1.29, 1.82) is 0 Å². The van der Waals surface area contributed by atoms with Gasteiger partial charge in [-0.15, -0.1) is 11.8 Å². The fourth-order valence-corrected chi connectivity index (χ4v) is 5.52. The standard InChI is InChI=1S/C30H32F2N2O2S/c31-25-16-14-23(15-17-25)20-37-21-29(35)34(19-24-10-4-7-13-27(24)32)28(18-22-8-2-1-3-9-22)30(36)33-26-11-5-6-12-26/h1-4,7-10,13-17,26,28H,5-6,11-12,18-21H2,(H,33,36)/t28-/m1/s1. The first-order valence-electron chi connectivity index (χ1n) is 12.7. The van der Waals surface area contributed by atoms with Crippen molar-refractivity contribution in [3.63, 3.8) is 0 Å². The van der Waals surface area contributed by atoms with Crippen LogP contribution in [0.5, 0.6) is 0 Å². The van der Waals surface area contributed by atoms with Gasteiger partial charge in [-0.3, -0.25) is 9.59 Å². The second kappa shape index (κ2) is 13.4. The summed E-state index contributed by atoms with van der Waals surface area (Å²) in [7, 11) is 0. The van der Waals surface area contributed by atoms with E-state index < -0.39 is 11.9 Å². The third-order valence-electron chi connectivity index (χ3n) is 6.68. The minimum absolute atomic E-state index is 0.00178. The number of carbonyl (C=O) groups excluding carboxylic acids is 2. The zero-order valence-corrected chi connectivity index (χ0v) is 21.6. The lowest BCUT2D eigenvalue weighted by molar-refractivity contribution is -0.139. The van der Waals surface area contributed by atoms with E-state index in [1.807, 2.05) is 30.3 Å². The van der Waals surface area contributed by atoms with Crippen molar-refractivity contribution in [2.45, 2.75) is 56.5 Å². The lowest BCUT2D eigenvalue weighted by Gasteiger charge is -2.32. The van der Waals surface area contributed by atoms with Crippen molar-refractivity contribution in [3.8, 4) is 0 Å². The maximum absolute atomic E-state index is 14.7. The molecule has 1 aliphatic carbocycles. The third kappa shape index (κ3) is 7.89. The van der Waals surface area contributed by atoms with Crippen LogP contribution in [0.15, 0.2) is 78.9 Å². The van der Waals surface area contributed by atoms with Gasteiger partial charge in [-0.1, -0.05) is 73.5 Å². The fourth-order valence-electron chi connectivity index (χ4n) is 4.65. The zero-order chi connectivity index (χ0) is 26.0. The molecule has 0 heterocycles. The fraction of sp³-hybridized carbons (Fsp3) is 0.333. The van der Waals surface area contributed by atoms with Gasteiger partial charge in [0.1, 0.15) is 17.7 Å². The van der Waals surface area contributed by atoms with Gasteiger partial charge in [0, 0.05) is 30.3 Å². The Labute approximate surface area is 221 Å². The number of carbonyl (C=O) groups is 2. The molecule has 1 aliphatic rings. The average Bonchev–Trinajstić information content (AvgIpc) is 3.42. The molecule has 194 valence electrons. The molecular formula is C30H32F2N2O2S. The van der Waals surface area contributed by atoms with E-state index in [0.717, 1.165) is 36.8 Å². The van der Waals surface area contributed by atoms with E-state index in [9.17, 15) is 18.4 Å². The summed E-state index contributed by atoms with van der Waals surface area (Å²) in [5, 5.41) is 3.15. The van der Waals surface area contributed by atoms with Crippen LogP contribution in [-0.2, 0) is 28.3 Å². The molecule has 4 rings (SSSR count). The van der Waals surface area contributed by atoms with Crippen LogP contribution in [0.4, 0.5) is 8.78 Å². The molecule has 37 heavy (non-hydrogen) atoms. The Bertz CT molecular complexity index is 1170. The summed E-state index contributed by atoms with van der Waals surface area (Å²) in [6.45, 7) is -0.00178. The van der Waals surface area contributed by atoms with Gasteiger partial charge < -0.3 is 10.2 Å². The lowest BCUT2D eigenvalue weighted by atomic mass is 10.0. The Morgan fingerprint density at radius 1 is 0.892 bits per heavy atom. The molecule has 3 aromatic carbocycles. The van der Waals surface area contributed by atoms with Crippen LogP contribution >= 0.6 is 11.8 Å². The molecule has 3 aromatic rings. The molecule has 1 atom stereocenters. The average molecular weight is 523 g/mol. The molecule has 0 unspecified atom stereocenters. The van der Waals surface area contributed by atoms with E-state index in [0.29, 0.717) is 17.7 Å². The largest absolute Gasteiger partial charge is 0.352 e. The van der Waals surface area contributed by atoms with E-state index in [4.69, 9.17) is 0 Å². The SMILES string of the molecule is O=C(NC1CCCC1)[C@@H](Cc1ccccc1)N(Cc1ccccc1F)C(=O)CSCc1ccc(F)cc1. The van der Waals surface area contributed by atoms with Crippen LogP contribution in [0, 0.1) is 11.6 Å². The Kier molecular flexibility index (Phi) is 9.71. The highest BCUT2D eigenvalue weighted by Crippen LogP contribution is 2.22. The number of hydrogen-bond acceptors (Lipinski definition) is 3. The molecule has 0 aromatic heterocycles. The highest BCUT2D eigenvalue weighted by Gasteiger charge is 2.32. The molecule has 1 fully saturated rings. The number of hydrogen-bond donors (Lipinski definition) is 1. The highest BCUT2D eigenvalue weighted by atomic mass is 32.2. The highest BCUT2D eigenvalue weighted by molar-refractivity contribution is 7.99. The maximum atomic E-state index is 14.7. The minimum Gasteiger partial charge on any atom is -0.352 e. The summed E-state index contributed by atoms with van der Waals surface area (Å²) in [6, 6.07) is 21.4. The van der Waals surface area contributed by atoms with E-state index >= 15 is 0 Å². The normalized spacial score (nSPS) is 14.3. The molecule has 0 spiro atoms. The van der Waals surface area contributed by atoms with Crippen molar-refractivity contribution in [3.05, 3.63) is 107 Å². The zero-order valence-electron chi connectivity index (χ0n) is 20.7. The summed E-state index contributed by atoms with van der Waals surface area (Å²) in [5.74, 6) is -0.515. The number of rotatable bonds is 11. The number of amides is 2. The first kappa shape index (κ1) is 26.9. The predicted octanol–water partition coefficient (Wildman–Crippen LogP) is 5.90. The Morgan fingerprint density at radius 2 is 1.57 bits per heavy atom. The predicted molar refractivity (Wildman–Crippen MR) is 144 cm³/mol. The molecule has 7 heteroatoms. The second-order valence-electron chi connectivity index (χ2n) is 9.43. The van der Waals surface area contributed by atoms with Crippen LogP contribution < -0.4 is 5.32 Å². The quantitative estimate of drug-likeness (QED) is 0.341. The van der Waals surface area contributed by atoms with Crippen molar-refractivity contribution in [1.82, 2.24) is 10.2 Å². The molecule has 1 saturated carbocycles. The van der Waals surface area contributed by atoms with E-state index in [1.54, 1.807) is 30.3 Å². The molecule has 1 N–H and O–H groups in total. The summed E-state index contributed by atoms with van der Waals surface area (Å²) < 4.78 is 27.9. The third-order valence-corrected chi connectivity index (χ3v) is 7.67. The van der Waals surface area contributed by atoms with Gasteiger partial charge in [-0.05, 0) is 42.2 Å². The van der Waals surface area contributed by atoms with Crippen molar-refractivity contribution in [2.24, 2.45) is 0 Å². The number of thioether (sulfide) groups is 1. The summed E-state index contributed by atoms with van der Waals surface area (Å²) >= 11 is 1.39. The van der Waals surface area contributed by atoms with Gasteiger partial charge >= 0.3 is 0 Å². The summed E-state index contributed by atoms with van der Waals surface area (Å²) in [5.41, 5.74) is 2.20. The second-order valence-corrected chi connectivity index (χ2v) is 10.4. The van der Waals surface area contributed by atoms with Gasteiger partial charge in [0.15, 0.2) is 0 Å². The molecule has 0 saturated heterocycles. The maximum Gasteiger partial charge on any atom is 0.243 e. The number of nitrogens with zero attached hydrogens (tertiary/aromatic N) is 1. The van der Waals surface area contributed by atoms with Crippen LogP contribution in [0.2, 0.25) is 0 Å². The monoisotopic (exact) mass is 522 g/mol. The Hall–Kier alpha value is -3.19. The molecule has 2 amide bonds. The van der Waals surface area contributed by atoms with E-state index in [-0.39, 0.29) is 36.0 Å². The van der Waals surface area contributed by atoms with Crippen molar-refractivity contribution >= 4 is 23.6 Å². The lowest BCUT2D eigenvalue weighted by Crippen LogP contribution is -2.52. The van der Waals surface area contributed by atoms with Crippen molar-refractivity contribution in [2.75, 3.05) is 5.75 Å². The van der Waals surface area contributed by atoms with E-state index in [1.165, 1.54) is 34.9 Å². The van der Waals surface area contributed by atoms with Gasteiger partial charge in [-0.25, -0.2) is 8.78 Å².